The zero-order valence-corrected chi connectivity index (χ0v) is 15.4. The van der Waals surface area contributed by atoms with Crippen molar-refractivity contribution >= 4 is 16.8 Å². The normalized spacial score (nSPS) is 21.4. The number of nitrogens with two attached hydrogens (primary N) is 1. The number of benzene rings is 1. The van der Waals surface area contributed by atoms with Gasteiger partial charge in [0.15, 0.2) is 0 Å². The molecule has 1 fully saturated rings. The first-order valence-corrected chi connectivity index (χ1v) is 9.62. The van der Waals surface area contributed by atoms with Gasteiger partial charge >= 0.3 is 0 Å². The molecule has 2 aromatic rings. The van der Waals surface area contributed by atoms with Crippen molar-refractivity contribution in [2.45, 2.75) is 38.0 Å². The highest BCUT2D eigenvalue weighted by Crippen LogP contribution is 2.30. The van der Waals surface area contributed by atoms with Crippen LogP contribution in [0.2, 0.25) is 0 Å². The van der Waals surface area contributed by atoms with Crippen LogP contribution in [0.5, 0.6) is 0 Å². The van der Waals surface area contributed by atoms with E-state index in [1.54, 1.807) is 4.90 Å². The van der Waals surface area contributed by atoms with Gasteiger partial charge in [-0.25, -0.2) is 0 Å². The first kappa shape index (κ1) is 17.5. The van der Waals surface area contributed by atoms with E-state index in [1.807, 2.05) is 29.8 Å². The van der Waals surface area contributed by atoms with Crippen molar-refractivity contribution in [1.82, 2.24) is 9.47 Å². The highest BCUT2D eigenvalue weighted by atomic mass is 16.5. The van der Waals surface area contributed by atoms with Crippen molar-refractivity contribution < 1.29 is 20.0 Å². The number of likely N-dealkylation sites (N-methyl/N-ethyl adjacent to an activating group) is 1. The summed E-state index contributed by atoms with van der Waals surface area (Å²) in [5.74, 6) is 0.0537. The number of carbonyl (C=O) groups excluding carboxylic acids is 1. The molecule has 0 bridgehead atoms. The largest absolute Gasteiger partial charge is 0.385 e. The summed E-state index contributed by atoms with van der Waals surface area (Å²) in [5.41, 5.74) is 2.91. The quantitative estimate of drug-likeness (QED) is 0.784. The van der Waals surface area contributed by atoms with Crippen LogP contribution in [0.3, 0.4) is 0 Å². The number of hydrogen-bond acceptors (Lipinski definition) is 3. The summed E-state index contributed by atoms with van der Waals surface area (Å²) in [6.45, 7) is 3.56. The number of hydrogen-bond donors (Lipinski definition) is 2. The van der Waals surface area contributed by atoms with Crippen molar-refractivity contribution in [2.24, 2.45) is 0 Å². The summed E-state index contributed by atoms with van der Waals surface area (Å²) in [5, 5.41) is 13.9. The van der Waals surface area contributed by atoms with Crippen LogP contribution in [0.1, 0.15) is 28.9 Å². The molecule has 1 aromatic carbocycles. The second kappa shape index (κ2) is 7.39. The minimum atomic E-state index is -0.503. The number of carbonyl (C=O) groups is 1. The Balaban J connectivity index is 1.53. The number of amides is 1. The van der Waals surface area contributed by atoms with Crippen LogP contribution in [-0.4, -0.2) is 66.0 Å². The van der Waals surface area contributed by atoms with E-state index < -0.39 is 6.10 Å². The lowest BCUT2D eigenvalue weighted by Gasteiger charge is -2.25. The third kappa shape index (κ3) is 3.24. The summed E-state index contributed by atoms with van der Waals surface area (Å²) in [7, 11) is 1.85. The molecule has 0 aliphatic carbocycles. The summed E-state index contributed by atoms with van der Waals surface area (Å²) in [6.07, 6.45) is 2.93. The standard InChI is InChI=1S/C20H27N3O3/c1-22-9-8-17-16-6-2-3-7-18(16)23(19(17)20(22)25)13-14(24)11-21-12-15-5-4-10-26-15/h2-3,6-7,14-15,21,24H,4-5,8-13H2,1H3/p+1/t14-,15-/m1/s1. The van der Waals surface area contributed by atoms with E-state index in [9.17, 15) is 9.90 Å². The minimum absolute atomic E-state index is 0.0537. The summed E-state index contributed by atoms with van der Waals surface area (Å²) >= 11 is 0. The maximum Gasteiger partial charge on any atom is 0.270 e. The summed E-state index contributed by atoms with van der Waals surface area (Å²) in [6, 6.07) is 8.14. The molecule has 4 rings (SSSR count). The Bertz CT molecular complexity index is 795. The van der Waals surface area contributed by atoms with Gasteiger partial charge in [-0.1, -0.05) is 18.2 Å². The molecule has 1 saturated heterocycles. The van der Waals surface area contributed by atoms with Gasteiger partial charge < -0.3 is 24.6 Å². The van der Waals surface area contributed by atoms with Crippen LogP contribution in [0.15, 0.2) is 24.3 Å². The fourth-order valence-electron chi connectivity index (χ4n) is 4.21. The number of aliphatic hydroxyl groups excluding tert-OH is 1. The lowest BCUT2D eigenvalue weighted by molar-refractivity contribution is -0.666. The average molecular weight is 358 g/mol. The number of para-hydroxylation sites is 1. The van der Waals surface area contributed by atoms with E-state index in [1.165, 1.54) is 0 Å². The minimum Gasteiger partial charge on any atom is -0.385 e. The molecule has 2 atom stereocenters. The second-order valence-electron chi connectivity index (χ2n) is 7.48. The van der Waals surface area contributed by atoms with Gasteiger partial charge in [0.1, 0.15) is 31.0 Å². The van der Waals surface area contributed by atoms with Gasteiger partial charge in [0.2, 0.25) is 0 Å². The summed E-state index contributed by atoms with van der Waals surface area (Å²) in [4.78, 5) is 14.5. The molecule has 140 valence electrons. The third-order valence-electron chi connectivity index (χ3n) is 5.61. The zero-order chi connectivity index (χ0) is 18.1. The van der Waals surface area contributed by atoms with Gasteiger partial charge in [0.25, 0.3) is 5.91 Å². The molecule has 0 saturated carbocycles. The Morgan fingerprint density at radius 1 is 1.38 bits per heavy atom. The Morgan fingerprint density at radius 2 is 2.23 bits per heavy atom. The molecule has 6 heteroatoms. The zero-order valence-electron chi connectivity index (χ0n) is 15.4. The lowest BCUT2D eigenvalue weighted by atomic mass is 10.0. The number of nitrogens with zero attached hydrogens (tertiary/aromatic N) is 2. The maximum absolute atomic E-state index is 12.8. The van der Waals surface area contributed by atoms with Gasteiger partial charge in [-0.15, -0.1) is 0 Å². The Morgan fingerprint density at radius 3 is 3.04 bits per heavy atom. The molecule has 1 amide bonds. The predicted molar refractivity (Wildman–Crippen MR) is 99.2 cm³/mol. The van der Waals surface area contributed by atoms with E-state index in [0.29, 0.717) is 19.2 Å². The van der Waals surface area contributed by atoms with Crippen LogP contribution in [0.4, 0.5) is 0 Å². The number of quaternary nitrogens is 1. The van der Waals surface area contributed by atoms with E-state index in [2.05, 4.69) is 11.4 Å². The molecule has 3 heterocycles. The molecule has 0 spiro atoms. The fraction of sp³-hybridized carbons (Fsp3) is 0.550. The molecular weight excluding hydrogens is 330 g/mol. The highest BCUT2D eigenvalue weighted by Gasteiger charge is 2.29. The summed E-state index contributed by atoms with van der Waals surface area (Å²) < 4.78 is 7.65. The van der Waals surface area contributed by atoms with Gasteiger partial charge in [-0.3, -0.25) is 4.79 Å². The molecule has 2 aliphatic rings. The number of ether oxygens (including phenoxy) is 1. The molecular formula is C20H28N3O3+. The lowest BCUT2D eigenvalue weighted by Crippen LogP contribution is -2.88. The smallest absolute Gasteiger partial charge is 0.270 e. The van der Waals surface area contributed by atoms with Gasteiger partial charge in [-0.05, 0) is 30.9 Å². The molecule has 0 unspecified atom stereocenters. The third-order valence-corrected chi connectivity index (χ3v) is 5.61. The molecule has 6 nitrogen and oxygen atoms in total. The van der Waals surface area contributed by atoms with Crippen LogP contribution < -0.4 is 5.32 Å². The molecule has 26 heavy (non-hydrogen) atoms. The van der Waals surface area contributed by atoms with Crippen molar-refractivity contribution in [3.8, 4) is 0 Å². The van der Waals surface area contributed by atoms with Gasteiger partial charge in [-0.2, -0.15) is 0 Å². The van der Waals surface area contributed by atoms with Gasteiger partial charge in [0, 0.05) is 31.1 Å². The topological polar surface area (TPSA) is 71.3 Å². The van der Waals surface area contributed by atoms with Crippen molar-refractivity contribution in [3.05, 3.63) is 35.5 Å². The van der Waals surface area contributed by atoms with Crippen LogP contribution in [0, 0.1) is 0 Å². The Kier molecular flexibility index (Phi) is 4.98. The maximum atomic E-state index is 12.8. The van der Waals surface area contributed by atoms with Crippen LogP contribution in [-0.2, 0) is 17.7 Å². The predicted octanol–water partition coefficient (Wildman–Crippen LogP) is 0.373. The molecule has 1 aromatic heterocycles. The molecule has 3 N–H and O–H groups in total. The highest BCUT2D eigenvalue weighted by molar-refractivity contribution is 6.02. The number of rotatable bonds is 6. The van der Waals surface area contributed by atoms with Crippen molar-refractivity contribution in [1.29, 1.82) is 0 Å². The van der Waals surface area contributed by atoms with E-state index in [-0.39, 0.29) is 5.91 Å². The monoisotopic (exact) mass is 358 g/mol. The van der Waals surface area contributed by atoms with E-state index in [4.69, 9.17) is 4.74 Å². The first-order valence-electron chi connectivity index (χ1n) is 9.62. The average Bonchev–Trinajstić information content (AvgIpc) is 3.26. The SMILES string of the molecule is CN1CCc2c(n(C[C@H](O)C[NH2+]C[C@H]3CCCO3)c3ccccc23)C1=O. The number of aromatic nitrogens is 1. The first-order chi connectivity index (χ1) is 12.6. The second-order valence-corrected chi connectivity index (χ2v) is 7.48. The van der Waals surface area contributed by atoms with Crippen molar-refractivity contribution in [3.63, 3.8) is 0 Å². The fourth-order valence-corrected chi connectivity index (χ4v) is 4.21. The van der Waals surface area contributed by atoms with Crippen LogP contribution >= 0.6 is 0 Å². The number of aliphatic hydroxyl groups is 1. The molecule has 2 aliphatic heterocycles. The number of fused-ring (bicyclic) bond motifs is 3. The molecule has 0 radical (unpaired) electrons. The van der Waals surface area contributed by atoms with Crippen molar-refractivity contribution in [2.75, 3.05) is 33.3 Å². The van der Waals surface area contributed by atoms with E-state index in [0.717, 1.165) is 61.1 Å². The van der Waals surface area contributed by atoms with E-state index >= 15 is 0 Å². The Hall–Kier alpha value is -1.89. The Labute approximate surface area is 153 Å². The van der Waals surface area contributed by atoms with Gasteiger partial charge in [0.05, 0.1) is 6.54 Å². The van der Waals surface area contributed by atoms with Crippen LogP contribution in [0.25, 0.3) is 10.9 Å².